The van der Waals surface area contributed by atoms with Gasteiger partial charge in [-0.15, -0.1) is 12.4 Å². The Morgan fingerprint density at radius 3 is 2.19 bits per heavy atom. The molecule has 0 amide bonds. The van der Waals surface area contributed by atoms with Gasteiger partial charge in [0.25, 0.3) is 5.78 Å². The molecular weight excluding hydrogens is 447 g/mol. The molecule has 1 atom stereocenters. The molecule has 1 aliphatic rings. The molecule has 0 radical (unpaired) electrons. The third-order valence-electron chi connectivity index (χ3n) is 5.23. The zero-order chi connectivity index (χ0) is 22.6. The van der Waals surface area contributed by atoms with Crippen molar-refractivity contribution in [3.05, 3.63) is 47.5 Å². The number of carbonyl (C=O) groups excluding carboxylic acids is 1. The van der Waals surface area contributed by atoms with E-state index >= 15 is 0 Å². The number of nitrogens with one attached hydrogen (secondary N) is 2. The van der Waals surface area contributed by atoms with Gasteiger partial charge in [-0.2, -0.15) is 13.2 Å². The topological polar surface area (TPSA) is 62.8 Å². The highest BCUT2D eigenvalue weighted by atomic mass is 35.5. The summed E-state index contributed by atoms with van der Waals surface area (Å²) in [6.45, 7) is 4.83. The van der Waals surface area contributed by atoms with E-state index in [0.29, 0.717) is 11.5 Å². The molecule has 2 N–H and O–H groups in total. The average molecular weight is 474 g/mol. The summed E-state index contributed by atoms with van der Waals surface area (Å²) in [7, 11) is 3.04. The lowest BCUT2D eigenvalue weighted by atomic mass is 10.0. The number of methoxy groups -OCH3 is 2. The Bertz CT molecular complexity index is 912. The maximum atomic E-state index is 13.2. The molecule has 1 heterocycles. The normalized spacial score (nSPS) is 14.9. The summed E-state index contributed by atoms with van der Waals surface area (Å²) in [5.74, 6) is -0.759. The predicted molar refractivity (Wildman–Crippen MR) is 121 cm³/mol. The fraction of sp³-hybridized carbons (Fsp3) is 0.409. The first-order chi connectivity index (χ1) is 14.7. The Morgan fingerprint density at radius 2 is 1.66 bits per heavy atom. The summed E-state index contributed by atoms with van der Waals surface area (Å²) in [5, 5.41) is 6.33. The standard InChI is InChI=1S/C22H26F3N3O3.ClH/c1-14(15-10-17(30-2)13-18(11-15)31-3)27-20-12-16(28-8-6-26-7-9-28)4-5-19(20)21(29)22(23,24)25;/h4-5,10-14,26-27H,6-9H2,1-3H3;1H. The van der Waals surface area contributed by atoms with Crippen molar-refractivity contribution >= 4 is 29.6 Å². The Kier molecular flexibility index (Phi) is 8.63. The van der Waals surface area contributed by atoms with Gasteiger partial charge in [0.2, 0.25) is 0 Å². The number of ketones is 1. The smallest absolute Gasteiger partial charge is 0.454 e. The summed E-state index contributed by atoms with van der Waals surface area (Å²) in [6.07, 6.45) is -4.96. The molecule has 1 unspecified atom stereocenters. The largest absolute Gasteiger partial charge is 0.497 e. The number of hydrogen-bond acceptors (Lipinski definition) is 6. The molecule has 0 spiro atoms. The summed E-state index contributed by atoms with van der Waals surface area (Å²) >= 11 is 0. The SMILES string of the molecule is COc1cc(OC)cc(C(C)Nc2cc(N3CCNCC3)ccc2C(=O)C(F)(F)F)c1.Cl. The molecule has 0 aliphatic carbocycles. The first-order valence-electron chi connectivity index (χ1n) is 9.93. The van der Waals surface area contributed by atoms with Gasteiger partial charge in [0.15, 0.2) is 0 Å². The third-order valence-corrected chi connectivity index (χ3v) is 5.23. The number of carbonyl (C=O) groups is 1. The van der Waals surface area contributed by atoms with Crippen LogP contribution in [0.5, 0.6) is 11.5 Å². The quantitative estimate of drug-likeness (QED) is 0.579. The molecule has 32 heavy (non-hydrogen) atoms. The molecule has 2 aromatic carbocycles. The van der Waals surface area contributed by atoms with Crippen LogP contribution in [0.3, 0.4) is 0 Å². The van der Waals surface area contributed by atoms with Gasteiger partial charge in [0.1, 0.15) is 11.5 Å². The van der Waals surface area contributed by atoms with Gasteiger partial charge in [-0.1, -0.05) is 0 Å². The van der Waals surface area contributed by atoms with E-state index in [9.17, 15) is 18.0 Å². The first-order valence-corrected chi connectivity index (χ1v) is 9.93. The molecule has 176 valence electrons. The van der Waals surface area contributed by atoms with Gasteiger partial charge in [-0.05, 0) is 42.8 Å². The number of nitrogens with zero attached hydrogens (tertiary/aromatic N) is 1. The summed E-state index contributed by atoms with van der Waals surface area (Å²) < 4.78 is 50.2. The molecule has 0 saturated carbocycles. The fourth-order valence-electron chi connectivity index (χ4n) is 3.52. The van der Waals surface area contributed by atoms with Crippen molar-refractivity contribution in [1.82, 2.24) is 5.32 Å². The van der Waals surface area contributed by atoms with Crippen LogP contribution in [-0.2, 0) is 0 Å². The van der Waals surface area contributed by atoms with Gasteiger partial charge in [0, 0.05) is 49.7 Å². The van der Waals surface area contributed by atoms with Crippen molar-refractivity contribution in [2.24, 2.45) is 0 Å². The van der Waals surface area contributed by atoms with Crippen molar-refractivity contribution < 1.29 is 27.4 Å². The molecule has 10 heteroatoms. The highest BCUT2D eigenvalue weighted by Gasteiger charge is 2.40. The molecule has 6 nitrogen and oxygen atoms in total. The van der Waals surface area contributed by atoms with E-state index in [1.54, 1.807) is 37.3 Å². The molecule has 1 fully saturated rings. The minimum atomic E-state index is -4.96. The van der Waals surface area contributed by atoms with E-state index in [0.717, 1.165) is 37.4 Å². The summed E-state index contributed by atoms with van der Waals surface area (Å²) in [6, 6.07) is 9.25. The lowest BCUT2D eigenvalue weighted by Gasteiger charge is -2.30. The Hall–Kier alpha value is -2.65. The zero-order valence-corrected chi connectivity index (χ0v) is 18.9. The molecule has 2 aromatic rings. The third kappa shape index (κ3) is 5.98. The lowest BCUT2D eigenvalue weighted by molar-refractivity contribution is -0.0884. The Morgan fingerprint density at radius 1 is 1.06 bits per heavy atom. The number of alkyl halides is 3. The number of Topliss-reactive ketones (excluding diaryl/α,β-unsaturated/α-hetero) is 1. The van der Waals surface area contributed by atoms with Crippen molar-refractivity contribution in [2.45, 2.75) is 19.1 Å². The maximum absolute atomic E-state index is 13.2. The van der Waals surface area contributed by atoms with Crippen LogP contribution in [0.25, 0.3) is 0 Å². The maximum Gasteiger partial charge on any atom is 0.454 e. The van der Waals surface area contributed by atoms with Crippen molar-refractivity contribution in [1.29, 1.82) is 0 Å². The second kappa shape index (κ2) is 10.8. The number of halogens is 4. The van der Waals surface area contributed by atoms with E-state index in [2.05, 4.69) is 15.5 Å². The van der Waals surface area contributed by atoms with Gasteiger partial charge in [-0.25, -0.2) is 0 Å². The van der Waals surface area contributed by atoms with Crippen LogP contribution in [-0.4, -0.2) is 52.4 Å². The predicted octanol–water partition coefficient (Wildman–Crippen LogP) is 4.45. The number of benzene rings is 2. The van der Waals surface area contributed by atoms with Gasteiger partial charge in [0.05, 0.1) is 19.8 Å². The molecular formula is C22H27ClF3N3O3. The van der Waals surface area contributed by atoms with Crippen LogP contribution in [0, 0.1) is 0 Å². The average Bonchev–Trinajstić information content (AvgIpc) is 2.78. The second-order valence-electron chi connectivity index (χ2n) is 7.31. The van der Waals surface area contributed by atoms with Crippen LogP contribution >= 0.6 is 12.4 Å². The molecule has 1 aliphatic heterocycles. The van der Waals surface area contributed by atoms with Crippen LogP contribution in [0.1, 0.15) is 28.9 Å². The Labute approximate surface area is 191 Å². The van der Waals surface area contributed by atoms with Crippen LogP contribution < -0.4 is 25.0 Å². The van der Waals surface area contributed by atoms with Gasteiger partial charge >= 0.3 is 6.18 Å². The molecule has 0 aromatic heterocycles. The van der Waals surface area contributed by atoms with Crippen molar-refractivity contribution in [2.75, 3.05) is 50.6 Å². The second-order valence-corrected chi connectivity index (χ2v) is 7.31. The fourth-order valence-corrected chi connectivity index (χ4v) is 3.52. The number of piperazine rings is 1. The number of anilines is 2. The van der Waals surface area contributed by atoms with Crippen LogP contribution in [0.15, 0.2) is 36.4 Å². The van der Waals surface area contributed by atoms with Crippen molar-refractivity contribution in [3.63, 3.8) is 0 Å². The monoisotopic (exact) mass is 473 g/mol. The lowest BCUT2D eigenvalue weighted by Crippen LogP contribution is -2.43. The molecule has 1 saturated heterocycles. The van der Waals surface area contributed by atoms with Crippen LogP contribution in [0.4, 0.5) is 24.5 Å². The zero-order valence-electron chi connectivity index (χ0n) is 18.1. The van der Waals surface area contributed by atoms with E-state index in [4.69, 9.17) is 9.47 Å². The number of ether oxygens (including phenoxy) is 2. The van der Waals surface area contributed by atoms with Crippen LogP contribution in [0.2, 0.25) is 0 Å². The number of rotatable bonds is 7. The molecule has 3 rings (SSSR count). The highest BCUT2D eigenvalue weighted by molar-refractivity contribution is 6.05. The van der Waals surface area contributed by atoms with Crippen molar-refractivity contribution in [3.8, 4) is 11.5 Å². The summed E-state index contributed by atoms with van der Waals surface area (Å²) in [5.41, 5.74) is 1.23. The minimum Gasteiger partial charge on any atom is -0.497 e. The summed E-state index contributed by atoms with van der Waals surface area (Å²) in [4.78, 5) is 14.1. The Balaban J connectivity index is 0.00000363. The minimum absolute atomic E-state index is 0. The number of hydrogen-bond donors (Lipinski definition) is 2. The van der Waals surface area contributed by atoms with E-state index in [1.165, 1.54) is 20.3 Å². The highest BCUT2D eigenvalue weighted by Crippen LogP contribution is 2.34. The molecule has 0 bridgehead atoms. The van der Waals surface area contributed by atoms with E-state index < -0.39 is 23.6 Å². The van der Waals surface area contributed by atoms with E-state index in [1.807, 2.05) is 0 Å². The first kappa shape index (κ1) is 25.6. The van der Waals surface area contributed by atoms with Gasteiger partial charge in [-0.3, -0.25) is 4.79 Å². The van der Waals surface area contributed by atoms with Gasteiger partial charge < -0.3 is 25.0 Å². The van der Waals surface area contributed by atoms with E-state index in [-0.39, 0.29) is 18.1 Å².